The van der Waals surface area contributed by atoms with Crippen molar-refractivity contribution in [3.63, 3.8) is 0 Å². The van der Waals surface area contributed by atoms with Crippen molar-refractivity contribution in [1.29, 1.82) is 0 Å². The molecule has 1 aliphatic heterocycles. The Bertz CT molecular complexity index is 310. The summed E-state index contributed by atoms with van der Waals surface area (Å²) in [6, 6.07) is 0.504. The van der Waals surface area contributed by atoms with Crippen molar-refractivity contribution < 1.29 is 4.79 Å². The van der Waals surface area contributed by atoms with Crippen molar-refractivity contribution >= 4 is 5.91 Å². The number of nitrogens with zero attached hydrogens (tertiary/aromatic N) is 2. The highest BCUT2D eigenvalue weighted by Crippen LogP contribution is 2.16. The molecule has 20 heavy (non-hydrogen) atoms. The second-order valence-corrected chi connectivity index (χ2v) is 6.27. The van der Waals surface area contributed by atoms with Crippen molar-refractivity contribution in [1.82, 2.24) is 15.1 Å². The first-order valence-electron chi connectivity index (χ1n) is 7.90. The van der Waals surface area contributed by atoms with Gasteiger partial charge in [-0.3, -0.25) is 9.69 Å². The highest BCUT2D eigenvalue weighted by molar-refractivity contribution is 5.84. The van der Waals surface area contributed by atoms with Crippen molar-refractivity contribution in [2.24, 2.45) is 5.73 Å². The minimum atomic E-state index is -0.633. The van der Waals surface area contributed by atoms with Crippen LogP contribution in [0.2, 0.25) is 0 Å². The van der Waals surface area contributed by atoms with Crippen LogP contribution in [0.25, 0.3) is 0 Å². The summed E-state index contributed by atoms with van der Waals surface area (Å²) < 4.78 is 0. The van der Waals surface area contributed by atoms with E-state index in [-0.39, 0.29) is 5.91 Å². The first kappa shape index (κ1) is 17.4. The Balaban J connectivity index is 2.76. The van der Waals surface area contributed by atoms with E-state index < -0.39 is 5.54 Å². The van der Waals surface area contributed by atoms with Crippen molar-refractivity contribution in [2.75, 3.05) is 39.8 Å². The smallest absolute Gasteiger partial charge is 0.238 e. The lowest BCUT2D eigenvalue weighted by molar-refractivity contribution is -0.124. The zero-order valence-electron chi connectivity index (χ0n) is 13.6. The summed E-state index contributed by atoms with van der Waals surface area (Å²) >= 11 is 0. The second-order valence-electron chi connectivity index (χ2n) is 6.27. The lowest BCUT2D eigenvalue weighted by atomic mass is 9.98. The van der Waals surface area contributed by atoms with Gasteiger partial charge in [-0.2, -0.15) is 0 Å². The number of carbonyl (C=O) groups is 1. The summed E-state index contributed by atoms with van der Waals surface area (Å²) in [4.78, 5) is 16.7. The fourth-order valence-corrected chi connectivity index (χ4v) is 2.92. The van der Waals surface area contributed by atoms with Crippen LogP contribution in [0.3, 0.4) is 0 Å². The van der Waals surface area contributed by atoms with Crippen LogP contribution in [0, 0.1) is 0 Å². The summed E-state index contributed by atoms with van der Waals surface area (Å²) in [5.74, 6) is -0.251. The molecular weight excluding hydrogens is 252 g/mol. The monoisotopic (exact) mass is 284 g/mol. The largest absolute Gasteiger partial charge is 0.368 e. The zero-order chi connectivity index (χ0) is 15.2. The highest BCUT2D eigenvalue weighted by Gasteiger charge is 2.35. The number of hydrogen-bond acceptors (Lipinski definition) is 4. The fraction of sp³-hybridized carbons (Fsp3) is 0.933. The molecule has 3 N–H and O–H groups in total. The molecule has 1 heterocycles. The zero-order valence-corrected chi connectivity index (χ0v) is 13.6. The third kappa shape index (κ3) is 4.72. The third-order valence-corrected chi connectivity index (χ3v) is 4.32. The maximum Gasteiger partial charge on any atom is 0.238 e. The summed E-state index contributed by atoms with van der Waals surface area (Å²) in [7, 11) is 2.18. The first-order valence-corrected chi connectivity index (χ1v) is 7.90. The van der Waals surface area contributed by atoms with Crippen LogP contribution in [0.4, 0.5) is 0 Å². The number of carbonyl (C=O) groups excluding carboxylic acids is 1. The Morgan fingerprint density at radius 3 is 2.65 bits per heavy atom. The topological polar surface area (TPSA) is 61.6 Å². The Morgan fingerprint density at radius 2 is 2.10 bits per heavy atom. The normalized spacial score (nSPS) is 25.1. The van der Waals surface area contributed by atoms with Crippen molar-refractivity contribution in [3.8, 4) is 0 Å². The van der Waals surface area contributed by atoms with Crippen LogP contribution in [0.15, 0.2) is 0 Å². The molecule has 0 aliphatic carbocycles. The van der Waals surface area contributed by atoms with Gasteiger partial charge in [-0.15, -0.1) is 0 Å². The van der Waals surface area contributed by atoms with E-state index in [1.165, 1.54) is 0 Å². The number of rotatable bonds is 7. The SMILES string of the molecule is CCCNC(C)(CN1CCCN(C)CC1CC)C(N)=O. The molecule has 0 aromatic rings. The fourth-order valence-electron chi connectivity index (χ4n) is 2.92. The second kappa shape index (κ2) is 7.96. The lowest BCUT2D eigenvalue weighted by Gasteiger charge is -2.37. The number of hydrogen-bond donors (Lipinski definition) is 2. The molecule has 2 unspecified atom stereocenters. The van der Waals surface area contributed by atoms with Gasteiger partial charge >= 0.3 is 0 Å². The third-order valence-electron chi connectivity index (χ3n) is 4.32. The maximum absolute atomic E-state index is 11.9. The van der Waals surface area contributed by atoms with Gasteiger partial charge in [0.05, 0.1) is 0 Å². The van der Waals surface area contributed by atoms with E-state index in [0.717, 1.165) is 45.4 Å². The molecule has 5 heteroatoms. The number of amides is 1. The van der Waals surface area contributed by atoms with Gasteiger partial charge in [-0.1, -0.05) is 13.8 Å². The number of primary amides is 1. The maximum atomic E-state index is 11.9. The van der Waals surface area contributed by atoms with Gasteiger partial charge in [-0.05, 0) is 52.9 Å². The van der Waals surface area contributed by atoms with Crippen molar-refractivity contribution in [3.05, 3.63) is 0 Å². The predicted octanol–water partition coefficient (Wildman–Crippen LogP) is 0.646. The Hall–Kier alpha value is -0.650. The molecule has 5 nitrogen and oxygen atoms in total. The molecule has 1 rings (SSSR count). The van der Waals surface area contributed by atoms with Gasteiger partial charge in [-0.25, -0.2) is 0 Å². The van der Waals surface area contributed by atoms with Gasteiger partial charge < -0.3 is 16.0 Å². The highest BCUT2D eigenvalue weighted by atomic mass is 16.1. The number of nitrogens with two attached hydrogens (primary N) is 1. The molecule has 0 bridgehead atoms. The molecule has 1 saturated heterocycles. The van der Waals surface area contributed by atoms with Gasteiger partial charge in [0.25, 0.3) is 0 Å². The lowest BCUT2D eigenvalue weighted by Crippen LogP contribution is -2.61. The van der Waals surface area contributed by atoms with Gasteiger partial charge in [0.2, 0.25) is 5.91 Å². The quantitative estimate of drug-likeness (QED) is 0.720. The molecule has 2 atom stereocenters. The first-order chi connectivity index (χ1) is 9.42. The van der Waals surface area contributed by atoms with E-state index in [9.17, 15) is 4.79 Å². The molecule has 118 valence electrons. The number of nitrogens with one attached hydrogen (secondary N) is 1. The summed E-state index contributed by atoms with van der Waals surface area (Å²) in [5, 5.41) is 3.34. The molecule has 1 amide bonds. The van der Waals surface area contributed by atoms with E-state index in [0.29, 0.717) is 12.6 Å². The molecule has 0 spiro atoms. The van der Waals surface area contributed by atoms with E-state index in [1.54, 1.807) is 0 Å². The van der Waals surface area contributed by atoms with E-state index in [1.807, 2.05) is 6.92 Å². The molecule has 0 aromatic carbocycles. The van der Waals surface area contributed by atoms with Crippen LogP contribution in [0.1, 0.15) is 40.0 Å². The van der Waals surface area contributed by atoms with Crippen LogP contribution >= 0.6 is 0 Å². The van der Waals surface area contributed by atoms with Crippen LogP contribution in [-0.4, -0.2) is 67.1 Å². The number of likely N-dealkylation sites (N-methyl/N-ethyl adjacent to an activating group) is 1. The Labute approximate surface area is 123 Å². The van der Waals surface area contributed by atoms with E-state index in [4.69, 9.17) is 5.73 Å². The molecule has 0 radical (unpaired) electrons. The minimum absolute atomic E-state index is 0.251. The Morgan fingerprint density at radius 1 is 1.40 bits per heavy atom. The van der Waals surface area contributed by atoms with Crippen molar-refractivity contribution in [2.45, 2.75) is 51.6 Å². The molecule has 1 aliphatic rings. The molecule has 0 aromatic heterocycles. The molecule has 0 saturated carbocycles. The van der Waals surface area contributed by atoms with E-state index >= 15 is 0 Å². The predicted molar refractivity (Wildman–Crippen MR) is 83.7 cm³/mol. The van der Waals surface area contributed by atoms with Crippen LogP contribution in [0.5, 0.6) is 0 Å². The molecular formula is C15H32N4O. The standard InChI is InChI=1S/C15H32N4O/c1-5-8-17-15(3,14(16)20)12-19-10-7-9-18(4)11-13(19)6-2/h13,17H,5-12H2,1-4H3,(H2,16,20). The average Bonchev–Trinajstić information content (AvgIpc) is 2.58. The van der Waals surface area contributed by atoms with Gasteiger partial charge in [0.1, 0.15) is 5.54 Å². The summed E-state index contributed by atoms with van der Waals surface area (Å²) in [5.41, 5.74) is 5.01. The Kier molecular flexibility index (Phi) is 6.92. The minimum Gasteiger partial charge on any atom is -0.368 e. The summed E-state index contributed by atoms with van der Waals surface area (Å²) in [6.07, 6.45) is 3.26. The average molecular weight is 284 g/mol. The summed E-state index contributed by atoms with van der Waals surface area (Å²) in [6.45, 7) is 11.0. The van der Waals surface area contributed by atoms with Gasteiger partial charge in [0, 0.05) is 19.1 Å². The van der Waals surface area contributed by atoms with Crippen LogP contribution < -0.4 is 11.1 Å². The van der Waals surface area contributed by atoms with Gasteiger partial charge in [0.15, 0.2) is 0 Å². The van der Waals surface area contributed by atoms with Crippen LogP contribution in [-0.2, 0) is 4.79 Å². The van der Waals surface area contributed by atoms with E-state index in [2.05, 4.69) is 36.0 Å². The molecule has 1 fully saturated rings.